The third-order valence-corrected chi connectivity index (χ3v) is 8.00. The molecule has 1 amide bonds. The van der Waals surface area contributed by atoms with E-state index in [1.165, 1.54) is 27.8 Å². The average molecular weight is 470 g/mol. The molecule has 2 aromatic carbocycles. The predicted octanol–water partition coefficient (Wildman–Crippen LogP) is 5.89. The summed E-state index contributed by atoms with van der Waals surface area (Å²) in [6.07, 6.45) is 5.02. The van der Waals surface area contributed by atoms with Crippen LogP contribution in [0.5, 0.6) is 0 Å². The molecule has 0 saturated carbocycles. The van der Waals surface area contributed by atoms with Gasteiger partial charge in [0.05, 0.1) is 10.4 Å². The van der Waals surface area contributed by atoms with Gasteiger partial charge in [-0.05, 0) is 73.0 Å². The number of carbonyl (C=O) groups is 1. The van der Waals surface area contributed by atoms with E-state index in [9.17, 15) is 4.79 Å². The number of piperidine rings is 1. The molecule has 4 nitrogen and oxygen atoms in total. The number of likely N-dealkylation sites (N-methyl/N-ethyl adjacent to an activating group) is 1. The number of rotatable bonds is 7. The monoisotopic (exact) mass is 469 g/mol. The van der Waals surface area contributed by atoms with Crippen molar-refractivity contribution in [1.29, 1.82) is 0 Å². The van der Waals surface area contributed by atoms with E-state index in [2.05, 4.69) is 64.5 Å². The van der Waals surface area contributed by atoms with E-state index in [4.69, 9.17) is 0 Å². The van der Waals surface area contributed by atoms with Gasteiger partial charge in [0.25, 0.3) is 5.91 Å². The summed E-state index contributed by atoms with van der Waals surface area (Å²) in [6.45, 7) is 3.05. The van der Waals surface area contributed by atoms with E-state index in [1.54, 1.807) is 0 Å². The SMILES string of the molecule is CN(C(=O)c1cccs1)[C@H](Cc1ccccc1)C1CCN(Cc2ccnc3ccccc23)CC1. The Kier molecular flexibility index (Phi) is 7.02. The van der Waals surface area contributed by atoms with Gasteiger partial charge < -0.3 is 4.90 Å². The summed E-state index contributed by atoms with van der Waals surface area (Å²) in [5, 5.41) is 3.23. The van der Waals surface area contributed by atoms with Crippen molar-refractivity contribution >= 4 is 28.1 Å². The summed E-state index contributed by atoms with van der Waals surface area (Å²) < 4.78 is 0. The first-order chi connectivity index (χ1) is 16.7. The minimum Gasteiger partial charge on any atom is -0.337 e. The van der Waals surface area contributed by atoms with Crippen LogP contribution < -0.4 is 0 Å². The van der Waals surface area contributed by atoms with E-state index in [0.29, 0.717) is 5.92 Å². The Labute approximate surface area is 205 Å². The molecule has 5 rings (SSSR count). The number of para-hydroxylation sites is 1. The molecule has 1 fully saturated rings. The highest BCUT2D eigenvalue weighted by atomic mass is 32.1. The van der Waals surface area contributed by atoms with Gasteiger partial charge in [-0.2, -0.15) is 0 Å². The highest BCUT2D eigenvalue weighted by Gasteiger charge is 2.32. The van der Waals surface area contributed by atoms with Crippen LogP contribution in [0.3, 0.4) is 0 Å². The second-order valence-corrected chi connectivity index (χ2v) is 10.2. The van der Waals surface area contributed by atoms with Crippen LogP contribution >= 0.6 is 11.3 Å². The number of fused-ring (bicyclic) bond motifs is 1. The van der Waals surface area contributed by atoms with Crippen LogP contribution in [0, 0.1) is 5.92 Å². The average Bonchev–Trinajstić information content (AvgIpc) is 3.43. The molecular formula is C29H31N3OS. The molecule has 0 unspecified atom stereocenters. The molecule has 4 aromatic rings. The number of benzene rings is 2. The maximum atomic E-state index is 13.2. The number of carbonyl (C=O) groups excluding carboxylic acids is 1. The number of hydrogen-bond acceptors (Lipinski definition) is 4. The van der Waals surface area contributed by atoms with Crippen LogP contribution in [-0.2, 0) is 13.0 Å². The van der Waals surface area contributed by atoms with E-state index >= 15 is 0 Å². The highest BCUT2D eigenvalue weighted by Crippen LogP contribution is 2.29. The first-order valence-corrected chi connectivity index (χ1v) is 13.0. The lowest BCUT2D eigenvalue weighted by Gasteiger charge is -2.40. The van der Waals surface area contributed by atoms with Crippen LogP contribution in [0.2, 0.25) is 0 Å². The van der Waals surface area contributed by atoms with Crippen molar-refractivity contribution in [3.05, 3.63) is 100 Å². The number of hydrogen-bond donors (Lipinski definition) is 0. The first kappa shape index (κ1) is 22.8. The quantitative estimate of drug-likeness (QED) is 0.339. The molecule has 1 saturated heterocycles. The molecule has 2 aromatic heterocycles. The fourth-order valence-corrected chi connectivity index (χ4v) is 5.94. The summed E-state index contributed by atoms with van der Waals surface area (Å²) in [5.74, 6) is 0.626. The molecule has 1 aliphatic rings. The van der Waals surface area contributed by atoms with Gasteiger partial charge >= 0.3 is 0 Å². The number of aromatic nitrogens is 1. The number of pyridine rings is 1. The van der Waals surface area contributed by atoms with E-state index in [1.807, 2.05) is 41.7 Å². The van der Waals surface area contributed by atoms with Crippen molar-refractivity contribution in [2.45, 2.75) is 31.8 Å². The number of likely N-dealkylation sites (tertiary alicyclic amines) is 1. The van der Waals surface area contributed by atoms with Gasteiger partial charge in [-0.3, -0.25) is 14.7 Å². The zero-order valence-corrected chi connectivity index (χ0v) is 20.5. The Morgan fingerprint density at radius 2 is 1.79 bits per heavy atom. The molecule has 5 heteroatoms. The fraction of sp³-hybridized carbons (Fsp3) is 0.310. The Balaban J connectivity index is 1.29. The van der Waals surface area contributed by atoms with Gasteiger partial charge in [-0.15, -0.1) is 11.3 Å². The third-order valence-electron chi connectivity index (χ3n) is 7.15. The zero-order valence-electron chi connectivity index (χ0n) is 19.6. The van der Waals surface area contributed by atoms with E-state index < -0.39 is 0 Å². The third kappa shape index (κ3) is 5.06. The van der Waals surface area contributed by atoms with Crippen LogP contribution in [0.15, 0.2) is 84.4 Å². The van der Waals surface area contributed by atoms with Crippen molar-refractivity contribution < 1.29 is 4.79 Å². The van der Waals surface area contributed by atoms with Gasteiger partial charge in [0.2, 0.25) is 0 Å². The summed E-state index contributed by atoms with van der Waals surface area (Å²) in [5.41, 5.74) is 3.70. The minimum atomic E-state index is 0.140. The summed E-state index contributed by atoms with van der Waals surface area (Å²) in [7, 11) is 1.99. The largest absolute Gasteiger partial charge is 0.337 e. The summed E-state index contributed by atoms with van der Waals surface area (Å²) in [4.78, 5) is 23.1. The minimum absolute atomic E-state index is 0.140. The molecule has 1 aliphatic heterocycles. The number of thiophene rings is 1. The van der Waals surface area contributed by atoms with Crippen LogP contribution in [0.4, 0.5) is 0 Å². The predicted molar refractivity (Wildman–Crippen MR) is 140 cm³/mol. The van der Waals surface area contributed by atoms with Crippen molar-refractivity contribution in [2.75, 3.05) is 20.1 Å². The summed E-state index contributed by atoms with van der Waals surface area (Å²) >= 11 is 1.53. The Morgan fingerprint density at radius 3 is 2.56 bits per heavy atom. The topological polar surface area (TPSA) is 36.4 Å². The first-order valence-electron chi connectivity index (χ1n) is 12.1. The maximum Gasteiger partial charge on any atom is 0.263 e. The lowest BCUT2D eigenvalue weighted by Crippen LogP contribution is -2.47. The Morgan fingerprint density at radius 1 is 1.03 bits per heavy atom. The molecule has 0 bridgehead atoms. The molecule has 0 aliphatic carbocycles. The summed E-state index contributed by atoms with van der Waals surface area (Å²) in [6, 6.07) is 25.2. The molecule has 34 heavy (non-hydrogen) atoms. The van der Waals surface area contributed by atoms with E-state index in [0.717, 1.165) is 49.3 Å². The zero-order chi connectivity index (χ0) is 23.3. The van der Waals surface area contributed by atoms with Crippen LogP contribution in [0.25, 0.3) is 10.9 Å². The second-order valence-electron chi connectivity index (χ2n) is 9.25. The fourth-order valence-electron chi connectivity index (χ4n) is 5.23. The molecule has 3 heterocycles. The highest BCUT2D eigenvalue weighted by molar-refractivity contribution is 7.12. The van der Waals surface area contributed by atoms with E-state index in [-0.39, 0.29) is 11.9 Å². The maximum absolute atomic E-state index is 13.2. The second kappa shape index (κ2) is 10.5. The van der Waals surface area contributed by atoms with Crippen LogP contribution in [0.1, 0.15) is 33.6 Å². The standard InChI is InChI=1S/C29H31N3OS/c1-31(29(33)28-12-7-19-34-28)27(20-22-8-3-2-4-9-22)23-14-17-32(18-15-23)21-24-13-16-30-26-11-6-5-10-25(24)26/h2-13,16,19,23,27H,14-15,17-18,20-21H2,1H3/t27-/m1/s1. The van der Waals surface area contributed by atoms with Crippen molar-refractivity contribution in [2.24, 2.45) is 5.92 Å². The number of nitrogens with zero attached hydrogens (tertiary/aromatic N) is 3. The van der Waals surface area contributed by atoms with Gasteiger partial charge in [0.15, 0.2) is 0 Å². The number of amides is 1. The molecule has 174 valence electrons. The lowest BCUT2D eigenvalue weighted by atomic mass is 9.84. The lowest BCUT2D eigenvalue weighted by molar-refractivity contribution is 0.0590. The Bertz CT molecular complexity index is 1210. The van der Waals surface area contributed by atoms with Gasteiger partial charge in [-0.1, -0.05) is 54.6 Å². The van der Waals surface area contributed by atoms with Crippen molar-refractivity contribution in [3.8, 4) is 0 Å². The Hall–Kier alpha value is -3.02. The molecule has 1 atom stereocenters. The smallest absolute Gasteiger partial charge is 0.263 e. The normalized spacial score (nSPS) is 15.9. The van der Waals surface area contributed by atoms with Crippen molar-refractivity contribution in [3.63, 3.8) is 0 Å². The molecular weight excluding hydrogens is 438 g/mol. The van der Waals surface area contributed by atoms with Gasteiger partial charge in [-0.25, -0.2) is 0 Å². The van der Waals surface area contributed by atoms with Crippen LogP contribution in [-0.4, -0.2) is 46.9 Å². The molecule has 0 N–H and O–H groups in total. The molecule has 0 radical (unpaired) electrons. The van der Waals surface area contributed by atoms with Gasteiger partial charge in [0, 0.05) is 31.2 Å². The van der Waals surface area contributed by atoms with Crippen molar-refractivity contribution in [1.82, 2.24) is 14.8 Å². The molecule has 0 spiro atoms. The van der Waals surface area contributed by atoms with Gasteiger partial charge in [0.1, 0.15) is 0 Å².